The molecule has 1 aromatic heterocycles. The summed E-state index contributed by atoms with van der Waals surface area (Å²) in [5, 5.41) is 5.91. The van der Waals surface area contributed by atoms with Crippen molar-refractivity contribution in [1.82, 2.24) is 10.3 Å². The predicted molar refractivity (Wildman–Crippen MR) is 90.7 cm³/mol. The second-order valence-electron chi connectivity index (χ2n) is 6.51. The molecule has 7 heteroatoms. The van der Waals surface area contributed by atoms with Gasteiger partial charge in [0.15, 0.2) is 0 Å². The molecule has 2 aliphatic heterocycles. The minimum Gasteiger partial charge on any atom is -0.366 e. The number of aromatic nitrogens is 1. The van der Waals surface area contributed by atoms with Crippen molar-refractivity contribution in [3.8, 4) is 0 Å². The fourth-order valence-corrected chi connectivity index (χ4v) is 3.71. The first-order valence-electron chi connectivity index (χ1n) is 8.30. The molecule has 130 valence electrons. The van der Waals surface area contributed by atoms with Gasteiger partial charge < -0.3 is 15.5 Å². The van der Waals surface area contributed by atoms with E-state index < -0.39 is 17.5 Å². The Labute approximate surface area is 144 Å². The van der Waals surface area contributed by atoms with Gasteiger partial charge in [0.25, 0.3) is 5.91 Å². The van der Waals surface area contributed by atoms with Gasteiger partial charge in [-0.3, -0.25) is 9.78 Å². The molecular formula is C18H18F2N4O. The summed E-state index contributed by atoms with van der Waals surface area (Å²) in [6, 6.07) is 5.12. The number of fused-ring (bicyclic) bond motifs is 1. The van der Waals surface area contributed by atoms with Crippen LogP contribution < -0.4 is 15.5 Å². The summed E-state index contributed by atoms with van der Waals surface area (Å²) in [6.45, 7) is 2.91. The van der Waals surface area contributed by atoms with Gasteiger partial charge in [-0.05, 0) is 30.5 Å². The van der Waals surface area contributed by atoms with Crippen molar-refractivity contribution in [2.75, 3.05) is 29.9 Å². The number of carbonyl (C=O) groups is 1. The third kappa shape index (κ3) is 3.19. The van der Waals surface area contributed by atoms with Crippen molar-refractivity contribution >= 4 is 17.3 Å². The molecule has 1 amide bonds. The van der Waals surface area contributed by atoms with Crippen molar-refractivity contribution in [1.29, 1.82) is 0 Å². The summed E-state index contributed by atoms with van der Waals surface area (Å²) in [7, 11) is 0. The van der Waals surface area contributed by atoms with Crippen LogP contribution in [-0.4, -0.2) is 36.6 Å². The van der Waals surface area contributed by atoms with Gasteiger partial charge >= 0.3 is 0 Å². The summed E-state index contributed by atoms with van der Waals surface area (Å²) in [5.41, 5.74) is 1.33. The summed E-state index contributed by atoms with van der Waals surface area (Å²) in [6.07, 6.45) is 4.32. The molecule has 0 saturated carbocycles. The van der Waals surface area contributed by atoms with E-state index in [0.29, 0.717) is 17.5 Å². The van der Waals surface area contributed by atoms with Crippen LogP contribution in [0.1, 0.15) is 16.8 Å². The Hall–Kier alpha value is -2.54. The van der Waals surface area contributed by atoms with Gasteiger partial charge in [-0.15, -0.1) is 0 Å². The molecule has 0 aliphatic carbocycles. The summed E-state index contributed by atoms with van der Waals surface area (Å²) in [5.74, 6) is -1.29. The van der Waals surface area contributed by atoms with Gasteiger partial charge in [0.05, 0.1) is 17.4 Å². The molecule has 2 saturated heterocycles. The van der Waals surface area contributed by atoms with E-state index in [1.54, 1.807) is 12.3 Å². The molecule has 25 heavy (non-hydrogen) atoms. The highest BCUT2D eigenvalue weighted by Crippen LogP contribution is 2.31. The van der Waals surface area contributed by atoms with Crippen LogP contribution in [0.5, 0.6) is 0 Å². The zero-order chi connectivity index (χ0) is 17.4. The number of rotatable bonds is 3. The van der Waals surface area contributed by atoms with Crippen LogP contribution in [0.25, 0.3) is 0 Å². The first-order valence-corrected chi connectivity index (χ1v) is 8.30. The van der Waals surface area contributed by atoms with E-state index in [2.05, 4.69) is 20.5 Å². The maximum atomic E-state index is 13.3. The number of nitrogens with one attached hydrogen (secondary N) is 2. The van der Waals surface area contributed by atoms with Crippen LogP contribution >= 0.6 is 0 Å². The van der Waals surface area contributed by atoms with Crippen molar-refractivity contribution in [2.45, 2.75) is 12.5 Å². The van der Waals surface area contributed by atoms with Crippen LogP contribution in [0, 0.1) is 17.6 Å². The second-order valence-corrected chi connectivity index (χ2v) is 6.51. The predicted octanol–water partition coefficient (Wildman–Crippen LogP) is 2.41. The third-order valence-electron chi connectivity index (χ3n) is 4.88. The molecule has 2 N–H and O–H groups in total. The van der Waals surface area contributed by atoms with Gasteiger partial charge in [-0.2, -0.15) is 0 Å². The monoisotopic (exact) mass is 344 g/mol. The van der Waals surface area contributed by atoms with Crippen molar-refractivity contribution < 1.29 is 13.6 Å². The Morgan fingerprint density at radius 1 is 1.16 bits per heavy atom. The lowest BCUT2D eigenvalue weighted by Crippen LogP contribution is -2.34. The molecule has 2 fully saturated rings. The topological polar surface area (TPSA) is 57.3 Å². The smallest absolute Gasteiger partial charge is 0.257 e. The van der Waals surface area contributed by atoms with E-state index in [1.165, 1.54) is 6.20 Å². The van der Waals surface area contributed by atoms with Gasteiger partial charge in [0.1, 0.15) is 11.6 Å². The molecule has 2 aromatic rings. The molecule has 5 nitrogen and oxygen atoms in total. The first kappa shape index (κ1) is 16.0. The number of pyridine rings is 1. The SMILES string of the molecule is O=C(Nc1cc(F)cc(F)c1)c1cncc(N2CC[C@@H]3CNC[C@@H]32)c1. The molecule has 0 unspecified atom stereocenters. The minimum absolute atomic E-state index is 0.0779. The van der Waals surface area contributed by atoms with Crippen molar-refractivity contribution in [3.63, 3.8) is 0 Å². The molecule has 2 aliphatic rings. The molecular weight excluding hydrogens is 326 g/mol. The third-order valence-corrected chi connectivity index (χ3v) is 4.88. The fraction of sp³-hybridized carbons (Fsp3) is 0.333. The second kappa shape index (κ2) is 6.40. The van der Waals surface area contributed by atoms with Gasteiger partial charge in [0.2, 0.25) is 0 Å². The van der Waals surface area contributed by atoms with E-state index in [1.807, 2.05) is 0 Å². The standard InChI is InChI=1S/C18H18F2N4O/c19-13-4-14(20)6-15(5-13)23-18(25)12-3-16(9-21-8-12)24-2-1-11-7-22-10-17(11)24/h3-6,8-9,11,17,22H,1-2,7,10H2,(H,23,25)/t11-,17+/m1/s1. The van der Waals surface area contributed by atoms with Gasteiger partial charge in [0, 0.05) is 43.6 Å². The molecule has 0 radical (unpaired) electrons. The zero-order valence-corrected chi connectivity index (χ0v) is 13.5. The van der Waals surface area contributed by atoms with E-state index in [0.717, 1.165) is 49.9 Å². The quantitative estimate of drug-likeness (QED) is 0.898. The maximum Gasteiger partial charge on any atom is 0.257 e. The first-order chi connectivity index (χ1) is 12.1. The van der Waals surface area contributed by atoms with E-state index >= 15 is 0 Å². The van der Waals surface area contributed by atoms with E-state index in [-0.39, 0.29) is 5.69 Å². The summed E-state index contributed by atoms with van der Waals surface area (Å²) >= 11 is 0. The molecule has 4 rings (SSSR count). The Balaban J connectivity index is 1.53. The number of nitrogens with zero attached hydrogens (tertiary/aromatic N) is 2. The number of hydrogen-bond donors (Lipinski definition) is 2. The lowest BCUT2D eigenvalue weighted by molar-refractivity contribution is 0.102. The number of carbonyl (C=O) groups excluding carboxylic acids is 1. The molecule has 1 aromatic carbocycles. The highest BCUT2D eigenvalue weighted by Gasteiger charge is 2.37. The molecule has 3 heterocycles. The Kier molecular flexibility index (Phi) is 4.09. The van der Waals surface area contributed by atoms with E-state index in [4.69, 9.17) is 0 Å². The Bertz CT molecular complexity index is 793. The fourth-order valence-electron chi connectivity index (χ4n) is 3.71. The highest BCUT2D eigenvalue weighted by atomic mass is 19.1. The van der Waals surface area contributed by atoms with Crippen molar-refractivity contribution in [2.24, 2.45) is 5.92 Å². The summed E-state index contributed by atoms with van der Waals surface area (Å²) in [4.78, 5) is 18.8. The van der Waals surface area contributed by atoms with Crippen LogP contribution in [0.4, 0.5) is 20.2 Å². The van der Waals surface area contributed by atoms with Crippen LogP contribution in [0.15, 0.2) is 36.7 Å². The minimum atomic E-state index is -0.737. The number of hydrogen-bond acceptors (Lipinski definition) is 4. The lowest BCUT2D eigenvalue weighted by atomic mass is 10.1. The highest BCUT2D eigenvalue weighted by molar-refractivity contribution is 6.04. The Morgan fingerprint density at radius 3 is 2.76 bits per heavy atom. The normalized spacial score (nSPS) is 22.1. The van der Waals surface area contributed by atoms with Crippen LogP contribution in [0.2, 0.25) is 0 Å². The van der Waals surface area contributed by atoms with Gasteiger partial charge in [-0.1, -0.05) is 0 Å². The summed E-state index contributed by atoms with van der Waals surface area (Å²) < 4.78 is 26.5. The van der Waals surface area contributed by atoms with Crippen molar-refractivity contribution in [3.05, 3.63) is 53.9 Å². The number of benzene rings is 1. The number of halogens is 2. The van der Waals surface area contributed by atoms with E-state index in [9.17, 15) is 13.6 Å². The lowest BCUT2D eigenvalue weighted by Gasteiger charge is -2.25. The number of anilines is 2. The average Bonchev–Trinajstić information content (AvgIpc) is 3.17. The zero-order valence-electron chi connectivity index (χ0n) is 13.5. The number of amides is 1. The van der Waals surface area contributed by atoms with Crippen LogP contribution in [-0.2, 0) is 0 Å². The average molecular weight is 344 g/mol. The van der Waals surface area contributed by atoms with Crippen LogP contribution in [0.3, 0.4) is 0 Å². The largest absolute Gasteiger partial charge is 0.366 e. The molecule has 2 atom stereocenters. The van der Waals surface area contributed by atoms with Gasteiger partial charge in [-0.25, -0.2) is 8.78 Å². The molecule has 0 bridgehead atoms. The molecule has 0 spiro atoms. The maximum absolute atomic E-state index is 13.3. The Morgan fingerprint density at radius 2 is 1.96 bits per heavy atom.